The fraction of sp³-hybridized carbons (Fsp3) is 0.389. The average molecular weight is 311 g/mol. The van der Waals surface area contributed by atoms with Crippen LogP contribution in [0.3, 0.4) is 0 Å². The van der Waals surface area contributed by atoms with Crippen LogP contribution in [0.15, 0.2) is 24.3 Å². The number of nitrogens with zero attached hydrogens (tertiary/aromatic N) is 2. The van der Waals surface area contributed by atoms with Crippen molar-refractivity contribution < 1.29 is 9.59 Å². The molecule has 1 N–H and O–H groups in total. The van der Waals surface area contributed by atoms with Crippen molar-refractivity contribution in [3.05, 3.63) is 41.1 Å². The summed E-state index contributed by atoms with van der Waals surface area (Å²) in [5.41, 5.74) is 3.40. The third kappa shape index (κ3) is 3.18. The maximum Gasteiger partial charge on any atom is 0.252 e. The van der Waals surface area contributed by atoms with Crippen LogP contribution in [-0.4, -0.2) is 41.3 Å². The van der Waals surface area contributed by atoms with Gasteiger partial charge in [0, 0.05) is 37.1 Å². The summed E-state index contributed by atoms with van der Waals surface area (Å²) >= 11 is 0. The first-order chi connectivity index (χ1) is 10.9. The van der Waals surface area contributed by atoms with Crippen molar-refractivity contribution in [2.45, 2.75) is 32.7 Å². The first-order valence-corrected chi connectivity index (χ1v) is 7.87. The van der Waals surface area contributed by atoms with Crippen LogP contribution in [0, 0.1) is 13.8 Å². The first-order valence-electron chi connectivity index (χ1n) is 7.87. The lowest BCUT2D eigenvalue weighted by atomic mass is 10.0. The summed E-state index contributed by atoms with van der Waals surface area (Å²) in [5.74, 6) is 0.0372. The molecule has 1 aliphatic heterocycles. The Morgan fingerprint density at radius 2 is 2.09 bits per heavy atom. The number of carbonyl (C=O) groups is 2. The van der Waals surface area contributed by atoms with Gasteiger partial charge in [0.05, 0.1) is 11.1 Å². The molecule has 0 spiro atoms. The van der Waals surface area contributed by atoms with Crippen LogP contribution in [0.25, 0.3) is 10.9 Å². The minimum absolute atomic E-state index is 0.00136. The molecule has 1 unspecified atom stereocenters. The molecule has 1 fully saturated rings. The molecule has 1 atom stereocenters. The summed E-state index contributed by atoms with van der Waals surface area (Å²) in [7, 11) is 1.77. The van der Waals surface area contributed by atoms with Crippen molar-refractivity contribution in [3.63, 3.8) is 0 Å². The van der Waals surface area contributed by atoms with E-state index in [1.165, 1.54) is 0 Å². The van der Waals surface area contributed by atoms with E-state index in [2.05, 4.69) is 10.3 Å². The van der Waals surface area contributed by atoms with Gasteiger partial charge in [-0.25, -0.2) is 0 Å². The molecule has 1 aromatic heterocycles. The Hall–Kier alpha value is -2.43. The highest BCUT2D eigenvalue weighted by molar-refractivity contribution is 6.06. The monoisotopic (exact) mass is 311 g/mol. The molecule has 5 heteroatoms. The molecule has 3 rings (SSSR count). The normalized spacial score (nSPS) is 18.3. The molecule has 0 saturated carbocycles. The third-order valence-electron chi connectivity index (χ3n) is 4.30. The van der Waals surface area contributed by atoms with E-state index in [-0.39, 0.29) is 17.9 Å². The Morgan fingerprint density at radius 1 is 1.30 bits per heavy atom. The second-order valence-corrected chi connectivity index (χ2v) is 6.32. The summed E-state index contributed by atoms with van der Waals surface area (Å²) in [5, 5.41) is 3.93. The van der Waals surface area contributed by atoms with Crippen molar-refractivity contribution >= 4 is 22.7 Å². The lowest BCUT2D eigenvalue weighted by Crippen LogP contribution is -2.48. The number of hydrogen-bond donors (Lipinski definition) is 1. The van der Waals surface area contributed by atoms with Crippen molar-refractivity contribution in [3.8, 4) is 0 Å². The number of benzene rings is 1. The number of nitrogens with one attached hydrogen (secondary N) is 1. The number of aromatic nitrogens is 1. The molecule has 1 aliphatic rings. The first kappa shape index (κ1) is 15.5. The van der Waals surface area contributed by atoms with E-state index in [0.29, 0.717) is 24.9 Å². The molecule has 120 valence electrons. The number of piperidine rings is 1. The van der Waals surface area contributed by atoms with Crippen LogP contribution in [0.5, 0.6) is 0 Å². The van der Waals surface area contributed by atoms with E-state index < -0.39 is 0 Å². The molecule has 2 aromatic rings. The van der Waals surface area contributed by atoms with Crippen molar-refractivity contribution in [2.24, 2.45) is 0 Å². The molecule has 2 amide bonds. The van der Waals surface area contributed by atoms with Gasteiger partial charge in [0.25, 0.3) is 5.91 Å². The summed E-state index contributed by atoms with van der Waals surface area (Å²) in [6, 6.07) is 7.76. The van der Waals surface area contributed by atoms with Gasteiger partial charge in [0.1, 0.15) is 0 Å². The van der Waals surface area contributed by atoms with Crippen molar-refractivity contribution in [1.29, 1.82) is 0 Å². The highest BCUT2D eigenvalue weighted by Crippen LogP contribution is 2.20. The number of likely N-dealkylation sites (tertiary alicyclic amines) is 1. The third-order valence-corrected chi connectivity index (χ3v) is 4.30. The molecule has 0 radical (unpaired) electrons. The van der Waals surface area contributed by atoms with E-state index >= 15 is 0 Å². The predicted octanol–water partition coefficient (Wildman–Crippen LogP) is 2.20. The molecule has 23 heavy (non-hydrogen) atoms. The zero-order chi connectivity index (χ0) is 16.6. The number of amides is 2. The second kappa shape index (κ2) is 5.99. The van der Waals surface area contributed by atoms with Gasteiger partial charge in [-0.05, 0) is 38.5 Å². The van der Waals surface area contributed by atoms with Gasteiger partial charge in [0.2, 0.25) is 5.91 Å². The fourth-order valence-corrected chi connectivity index (χ4v) is 3.05. The van der Waals surface area contributed by atoms with Gasteiger partial charge in [-0.15, -0.1) is 0 Å². The second-order valence-electron chi connectivity index (χ2n) is 6.32. The molecular weight excluding hydrogens is 290 g/mol. The minimum atomic E-state index is -0.0983. The Morgan fingerprint density at radius 3 is 2.83 bits per heavy atom. The molecule has 2 heterocycles. The summed E-state index contributed by atoms with van der Waals surface area (Å²) in [6.07, 6.45) is 1.17. The minimum Gasteiger partial charge on any atom is -0.347 e. The van der Waals surface area contributed by atoms with Crippen LogP contribution in [0.2, 0.25) is 0 Å². The summed E-state index contributed by atoms with van der Waals surface area (Å²) in [4.78, 5) is 30.5. The maximum atomic E-state index is 12.7. The van der Waals surface area contributed by atoms with Gasteiger partial charge in [-0.2, -0.15) is 0 Å². The number of carbonyl (C=O) groups excluding carboxylic acids is 2. The van der Waals surface area contributed by atoms with Crippen LogP contribution >= 0.6 is 0 Å². The number of fused-ring (bicyclic) bond motifs is 1. The maximum absolute atomic E-state index is 12.7. The van der Waals surface area contributed by atoms with Crippen LogP contribution < -0.4 is 5.32 Å². The van der Waals surface area contributed by atoms with Gasteiger partial charge in [0.15, 0.2) is 0 Å². The van der Waals surface area contributed by atoms with Crippen LogP contribution in [-0.2, 0) is 4.79 Å². The number of rotatable bonds is 2. The molecule has 0 aliphatic carbocycles. The van der Waals surface area contributed by atoms with Crippen molar-refractivity contribution in [1.82, 2.24) is 15.2 Å². The van der Waals surface area contributed by atoms with E-state index in [1.807, 2.05) is 38.1 Å². The largest absolute Gasteiger partial charge is 0.347 e. The van der Waals surface area contributed by atoms with Gasteiger partial charge in [-0.1, -0.05) is 11.6 Å². The molecule has 0 bridgehead atoms. The topological polar surface area (TPSA) is 62.3 Å². The zero-order valence-corrected chi connectivity index (χ0v) is 13.7. The summed E-state index contributed by atoms with van der Waals surface area (Å²) in [6.45, 7) is 4.46. The Bertz CT molecular complexity index is 785. The SMILES string of the molecule is Cc1ccc2nc(C)cc(C(=O)NC3CCC(=O)N(C)C3)c2c1. The predicted molar refractivity (Wildman–Crippen MR) is 89.3 cm³/mol. The number of hydrogen-bond acceptors (Lipinski definition) is 3. The lowest BCUT2D eigenvalue weighted by molar-refractivity contribution is -0.132. The molecule has 1 saturated heterocycles. The zero-order valence-electron chi connectivity index (χ0n) is 13.7. The average Bonchev–Trinajstić information content (AvgIpc) is 2.50. The molecular formula is C18H21N3O2. The lowest BCUT2D eigenvalue weighted by Gasteiger charge is -2.30. The summed E-state index contributed by atoms with van der Waals surface area (Å²) < 4.78 is 0. The highest BCUT2D eigenvalue weighted by Gasteiger charge is 2.25. The highest BCUT2D eigenvalue weighted by atomic mass is 16.2. The van der Waals surface area contributed by atoms with Gasteiger partial charge >= 0.3 is 0 Å². The quantitative estimate of drug-likeness (QED) is 0.925. The Balaban J connectivity index is 1.89. The Kier molecular flexibility index (Phi) is 4.03. The van der Waals surface area contributed by atoms with Gasteiger partial charge < -0.3 is 10.2 Å². The smallest absolute Gasteiger partial charge is 0.252 e. The van der Waals surface area contributed by atoms with E-state index in [9.17, 15) is 9.59 Å². The van der Waals surface area contributed by atoms with E-state index in [0.717, 1.165) is 22.2 Å². The Labute approximate surface area is 135 Å². The van der Waals surface area contributed by atoms with Crippen molar-refractivity contribution in [2.75, 3.05) is 13.6 Å². The van der Waals surface area contributed by atoms with Gasteiger partial charge in [-0.3, -0.25) is 14.6 Å². The van der Waals surface area contributed by atoms with Crippen LogP contribution in [0.4, 0.5) is 0 Å². The molecule has 5 nitrogen and oxygen atoms in total. The van der Waals surface area contributed by atoms with E-state index in [4.69, 9.17) is 0 Å². The van der Waals surface area contributed by atoms with E-state index in [1.54, 1.807) is 11.9 Å². The fourth-order valence-electron chi connectivity index (χ4n) is 3.05. The number of pyridine rings is 1. The number of aryl methyl sites for hydroxylation is 2. The standard InChI is InChI=1S/C18H21N3O2/c1-11-4-6-16-14(8-11)15(9-12(2)19-16)18(23)20-13-5-7-17(22)21(3)10-13/h4,6,8-9,13H,5,7,10H2,1-3H3,(H,20,23). The molecule has 1 aromatic carbocycles. The van der Waals surface area contributed by atoms with Crippen LogP contribution in [0.1, 0.15) is 34.5 Å². The number of likely N-dealkylation sites (N-methyl/N-ethyl adjacent to an activating group) is 1.